The lowest BCUT2D eigenvalue weighted by atomic mass is 10.2. The van der Waals surface area contributed by atoms with Crippen LogP contribution in [0.5, 0.6) is 0 Å². The van der Waals surface area contributed by atoms with Crippen LogP contribution in [-0.4, -0.2) is 9.97 Å². The van der Waals surface area contributed by atoms with Crippen molar-refractivity contribution in [3.8, 4) is 11.4 Å². The van der Waals surface area contributed by atoms with E-state index in [1.165, 1.54) is 12.1 Å². The Kier molecular flexibility index (Phi) is 2.77. The maximum Gasteiger partial charge on any atom is 0.159 e. The van der Waals surface area contributed by atoms with E-state index >= 15 is 0 Å². The molecule has 0 aliphatic carbocycles. The Labute approximate surface area is 95.3 Å². The molecular formula is C11H8BrFN2. The first-order valence-corrected chi connectivity index (χ1v) is 5.21. The largest absolute Gasteiger partial charge is 0.235 e. The van der Waals surface area contributed by atoms with Crippen LogP contribution in [-0.2, 0) is 0 Å². The first kappa shape index (κ1) is 10.2. The Morgan fingerprint density at radius 2 is 1.87 bits per heavy atom. The normalized spacial score (nSPS) is 10.3. The van der Waals surface area contributed by atoms with E-state index < -0.39 is 0 Å². The van der Waals surface area contributed by atoms with Crippen molar-refractivity contribution in [2.24, 2.45) is 0 Å². The highest BCUT2D eigenvalue weighted by molar-refractivity contribution is 9.10. The molecule has 76 valence electrons. The van der Waals surface area contributed by atoms with Gasteiger partial charge in [-0.25, -0.2) is 14.4 Å². The predicted molar refractivity (Wildman–Crippen MR) is 59.9 cm³/mol. The third-order valence-corrected chi connectivity index (χ3v) is 2.80. The van der Waals surface area contributed by atoms with Gasteiger partial charge in [-0.15, -0.1) is 0 Å². The smallest absolute Gasteiger partial charge is 0.159 e. The highest BCUT2D eigenvalue weighted by Gasteiger charge is 2.03. The molecule has 4 heteroatoms. The molecule has 0 fully saturated rings. The van der Waals surface area contributed by atoms with E-state index in [-0.39, 0.29) is 5.82 Å². The van der Waals surface area contributed by atoms with E-state index in [0.29, 0.717) is 5.82 Å². The molecule has 2 aromatic rings. The van der Waals surface area contributed by atoms with Crippen LogP contribution in [0, 0.1) is 12.7 Å². The summed E-state index contributed by atoms with van der Waals surface area (Å²) >= 11 is 3.33. The van der Waals surface area contributed by atoms with Crippen molar-refractivity contribution in [2.75, 3.05) is 0 Å². The average Bonchev–Trinajstić information content (AvgIpc) is 2.23. The highest BCUT2D eigenvalue weighted by Crippen LogP contribution is 2.18. The fraction of sp³-hybridized carbons (Fsp3) is 0.0909. The molecule has 0 aliphatic rings. The van der Waals surface area contributed by atoms with Crippen LogP contribution in [0.4, 0.5) is 4.39 Å². The van der Waals surface area contributed by atoms with Crippen molar-refractivity contribution in [2.45, 2.75) is 6.92 Å². The summed E-state index contributed by atoms with van der Waals surface area (Å²) in [4.78, 5) is 8.45. The molecule has 0 unspecified atom stereocenters. The summed E-state index contributed by atoms with van der Waals surface area (Å²) in [5, 5.41) is 0. The molecule has 1 heterocycles. The van der Waals surface area contributed by atoms with Gasteiger partial charge in [-0.05, 0) is 47.1 Å². The van der Waals surface area contributed by atoms with Gasteiger partial charge < -0.3 is 0 Å². The van der Waals surface area contributed by atoms with E-state index in [4.69, 9.17) is 0 Å². The maximum absolute atomic E-state index is 12.7. The zero-order valence-electron chi connectivity index (χ0n) is 8.04. The van der Waals surface area contributed by atoms with Crippen molar-refractivity contribution < 1.29 is 4.39 Å². The molecule has 0 spiro atoms. The minimum Gasteiger partial charge on any atom is -0.235 e. The standard InChI is InChI=1S/C11H8BrFN2/c1-7-10(12)6-14-11(15-7)8-2-4-9(13)5-3-8/h2-6H,1H3. The summed E-state index contributed by atoms with van der Waals surface area (Å²) in [6.07, 6.45) is 1.70. The molecule has 0 bridgehead atoms. The minimum absolute atomic E-state index is 0.257. The van der Waals surface area contributed by atoms with Crippen molar-refractivity contribution in [1.29, 1.82) is 0 Å². The molecule has 2 rings (SSSR count). The van der Waals surface area contributed by atoms with E-state index in [1.54, 1.807) is 18.3 Å². The fourth-order valence-electron chi connectivity index (χ4n) is 1.19. The summed E-state index contributed by atoms with van der Waals surface area (Å²) in [5.41, 5.74) is 1.68. The van der Waals surface area contributed by atoms with Gasteiger partial charge in [0.15, 0.2) is 5.82 Å². The van der Waals surface area contributed by atoms with Crippen LogP contribution < -0.4 is 0 Å². The molecule has 0 saturated carbocycles. The second kappa shape index (κ2) is 4.06. The number of hydrogen-bond acceptors (Lipinski definition) is 2. The summed E-state index contributed by atoms with van der Waals surface area (Å²) in [6, 6.07) is 6.13. The lowest BCUT2D eigenvalue weighted by Gasteiger charge is -2.02. The van der Waals surface area contributed by atoms with Gasteiger partial charge in [0.2, 0.25) is 0 Å². The predicted octanol–water partition coefficient (Wildman–Crippen LogP) is 3.35. The fourth-order valence-corrected chi connectivity index (χ4v) is 1.38. The number of benzene rings is 1. The van der Waals surface area contributed by atoms with Gasteiger partial charge in [-0.3, -0.25) is 0 Å². The van der Waals surface area contributed by atoms with Crippen LogP contribution in [0.15, 0.2) is 34.9 Å². The Bertz CT molecular complexity index is 482. The van der Waals surface area contributed by atoms with Crippen LogP contribution in [0.1, 0.15) is 5.69 Å². The van der Waals surface area contributed by atoms with Crippen LogP contribution in [0.2, 0.25) is 0 Å². The quantitative estimate of drug-likeness (QED) is 0.791. The van der Waals surface area contributed by atoms with Gasteiger partial charge in [0.05, 0.1) is 10.2 Å². The van der Waals surface area contributed by atoms with Gasteiger partial charge in [0.1, 0.15) is 5.82 Å². The Balaban J connectivity index is 2.45. The highest BCUT2D eigenvalue weighted by atomic mass is 79.9. The lowest BCUT2D eigenvalue weighted by molar-refractivity contribution is 0.628. The van der Waals surface area contributed by atoms with Crippen molar-refractivity contribution >= 4 is 15.9 Å². The van der Waals surface area contributed by atoms with E-state index in [0.717, 1.165) is 15.7 Å². The number of rotatable bonds is 1. The zero-order chi connectivity index (χ0) is 10.8. The number of halogens is 2. The summed E-state index contributed by atoms with van der Waals surface area (Å²) < 4.78 is 13.6. The number of hydrogen-bond donors (Lipinski definition) is 0. The molecule has 0 saturated heterocycles. The number of aromatic nitrogens is 2. The topological polar surface area (TPSA) is 25.8 Å². The van der Waals surface area contributed by atoms with Gasteiger partial charge in [-0.2, -0.15) is 0 Å². The van der Waals surface area contributed by atoms with Gasteiger partial charge >= 0.3 is 0 Å². The monoisotopic (exact) mass is 266 g/mol. The third kappa shape index (κ3) is 2.21. The zero-order valence-corrected chi connectivity index (χ0v) is 9.62. The summed E-state index contributed by atoms with van der Waals surface area (Å²) in [7, 11) is 0. The van der Waals surface area contributed by atoms with Crippen LogP contribution in [0.25, 0.3) is 11.4 Å². The molecule has 2 nitrogen and oxygen atoms in total. The molecule has 0 atom stereocenters. The van der Waals surface area contributed by atoms with Crippen molar-refractivity contribution in [1.82, 2.24) is 9.97 Å². The summed E-state index contributed by atoms with van der Waals surface area (Å²) in [6.45, 7) is 1.89. The van der Waals surface area contributed by atoms with E-state index in [9.17, 15) is 4.39 Å². The second-order valence-corrected chi connectivity index (χ2v) is 3.99. The SMILES string of the molecule is Cc1nc(-c2ccc(F)cc2)ncc1Br. The third-order valence-electron chi connectivity index (χ3n) is 2.02. The minimum atomic E-state index is -0.257. The van der Waals surface area contributed by atoms with Crippen molar-refractivity contribution in [3.63, 3.8) is 0 Å². The molecule has 15 heavy (non-hydrogen) atoms. The first-order chi connectivity index (χ1) is 7.16. The number of aryl methyl sites for hydroxylation is 1. The van der Waals surface area contributed by atoms with Gasteiger partial charge in [0, 0.05) is 11.8 Å². The second-order valence-electron chi connectivity index (χ2n) is 3.13. The summed E-state index contributed by atoms with van der Waals surface area (Å²) in [5.74, 6) is 0.350. The molecule has 1 aromatic carbocycles. The van der Waals surface area contributed by atoms with E-state index in [2.05, 4.69) is 25.9 Å². The molecule has 0 aliphatic heterocycles. The Morgan fingerprint density at radius 3 is 2.47 bits per heavy atom. The van der Waals surface area contributed by atoms with Crippen LogP contribution >= 0.6 is 15.9 Å². The first-order valence-electron chi connectivity index (χ1n) is 4.42. The van der Waals surface area contributed by atoms with Gasteiger partial charge in [0.25, 0.3) is 0 Å². The van der Waals surface area contributed by atoms with E-state index in [1.807, 2.05) is 6.92 Å². The average molecular weight is 267 g/mol. The Hall–Kier alpha value is -1.29. The molecule has 1 aromatic heterocycles. The van der Waals surface area contributed by atoms with Crippen molar-refractivity contribution in [3.05, 3.63) is 46.4 Å². The van der Waals surface area contributed by atoms with Crippen LogP contribution in [0.3, 0.4) is 0 Å². The molecular weight excluding hydrogens is 259 g/mol. The molecule has 0 amide bonds. The van der Waals surface area contributed by atoms with Gasteiger partial charge in [-0.1, -0.05) is 0 Å². The molecule has 0 radical (unpaired) electrons. The Morgan fingerprint density at radius 1 is 1.20 bits per heavy atom. The lowest BCUT2D eigenvalue weighted by Crippen LogP contribution is -1.92. The number of nitrogens with zero attached hydrogens (tertiary/aromatic N) is 2. The maximum atomic E-state index is 12.7. The molecule has 0 N–H and O–H groups in total.